The zero-order valence-corrected chi connectivity index (χ0v) is 9.98. The van der Waals surface area contributed by atoms with Gasteiger partial charge in [0.25, 0.3) is 0 Å². The van der Waals surface area contributed by atoms with Gasteiger partial charge in [-0.3, -0.25) is 0 Å². The summed E-state index contributed by atoms with van der Waals surface area (Å²) in [5.74, 6) is 0.899. The fraction of sp³-hybridized carbons (Fsp3) is 0.583. The molecule has 4 heteroatoms. The smallest absolute Gasteiger partial charge is 0.203 e. The third-order valence-electron chi connectivity index (χ3n) is 2.14. The molecule has 0 saturated heterocycles. The molecule has 1 aromatic rings. The topological polar surface area (TPSA) is 39.1 Å². The molecule has 0 amide bonds. The van der Waals surface area contributed by atoms with Crippen LogP contribution < -0.4 is 5.32 Å². The molecule has 0 aliphatic carbocycles. The number of imidazole rings is 1. The molecule has 90 valence electrons. The van der Waals surface area contributed by atoms with Crippen LogP contribution in [0.5, 0.6) is 0 Å². The van der Waals surface area contributed by atoms with E-state index in [4.69, 9.17) is 4.74 Å². The maximum atomic E-state index is 5.40. The summed E-state index contributed by atoms with van der Waals surface area (Å²) in [5.41, 5.74) is 0. The molecule has 0 aliphatic rings. The van der Waals surface area contributed by atoms with Crippen molar-refractivity contribution in [2.24, 2.45) is 0 Å². The van der Waals surface area contributed by atoms with Crippen molar-refractivity contribution in [3.63, 3.8) is 0 Å². The van der Waals surface area contributed by atoms with Crippen LogP contribution in [-0.2, 0) is 11.3 Å². The average molecular weight is 223 g/mol. The summed E-state index contributed by atoms with van der Waals surface area (Å²) in [4.78, 5) is 4.23. The van der Waals surface area contributed by atoms with Crippen molar-refractivity contribution in [1.82, 2.24) is 9.55 Å². The molecule has 0 atom stereocenters. The normalized spacial score (nSPS) is 10.3. The Labute approximate surface area is 97.3 Å². The Kier molecular flexibility index (Phi) is 6.33. The highest BCUT2D eigenvalue weighted by Gasteiger charge is 1.99. The largest absolute Gasteiger partial charge is 0.381 e. The van der Waals surface area contributed by atoms with E-state index in [1.807, 2.05) is 16.8 Å². The van der Waals surface area contributed by atoms with Crippen LogP contribution in [0.4, 0.5) is 5.95 Å². The van der Waals surface area contributed by atoms with Gasteiger partial charge in [0.1, 0.15) is 0 Å². The first-order valence-corrected chi connectivity index (χ1v) is 5.82. The maximum absolute atomic E-state index is 5.40. The van der Waals surface area contributed by atoms with E-state index in [-0.39, 0.29) is 0 Å². The van der Waals surface area contributed by atoms with Crippen molar-refractivity contribution in [2.45, 2.75) is 26.3 Å². The summed E-state index contributed by atoms with van der Waals surface area (Å²) in [6.07, 6.45) is 7.67. The molecule has 0 saturated carbocycles. The van der Waals surface area contributed by atoms with Crippen LogP contribution in [0.15, 0.2) is 25.0 Å². The van der Waals surface area contributed by atoms with Crippen molar-refractivity contribution < 1.29 is 4.74 Å². The van der Waals surface area contributed by atoms with Gasteiger partial charge >= 0.3 is 0 Å². The molecular formula is C12H21N3O. The van der Waals surface area contributed by atoms with Gasteiger partial charge in [0, 0.05) is 38.7 Å². The molecule has 0 bridgehead atoms. The lowest BCUT2D eigenvalue weighted by atomic mass is 10.4. The van der Waals surface area contributed by atoms with Crippen molar-refractivity contribution in [3.8, 4) is 0 Å². The predicted octanol–water partition coefficient (Wildman–Crippen LogP) is 2.30. The molecule has 0 aliphatic heterocycles. The zero-order chi connectivity index (χ0) is 11.6. The first kappa shape index (κ1) is 12.8. The van der Waals surface area contributed by atoms with Crippen LogP contribution in [-0.4, -0.2) is 29.3 Å². The highest BCUT2D eigenvalue weighted by Crippen LogP contribution is 2.03. The molecule has 16 heavy (non-hydrogen) atoms. The van der Waals surface area contributed by atoms with E-state index in [9.17, 15) is 0 Å². The van der Waals surface area contributed by atoms with Gasteiger partial charge in [0.05, 0.1) is 0 Å². The minimum Gasteiger partial charge on any atom is -0.381 e. The number of hydrogen-bond acceptors (Lipinski definition) is 3. The Morgan fingerprint density at radius 2 is 2.44 bits per heavy atom. The van der Waals surface area contributed by atoms with Crippen LogP contribution in [0.1, 0.15) is 19.8 Å². The van der Waals surface area contributed by atoms with Crippen LogP contribution in [0.3, 0.4) is 0 Å². The molecule has 0 aromatic carbocycles. The standard InChI is InChI=1S/C12H21N3O/c1-3-8-15-9-7-14-12(15)13-6-5-11-16-10-4-2/h3,7,9H,1,4-6,8,10-11H2,2H3,(H,13,14). The monoisotopic (exact) mass is 223 g/mol. The second kappa shape index (κ2) is 7.93. The average Bonchev–Trinajstić information content (AvgIpc) is 2.72. The number of nitrogens with zero attached hydrogens (tertiary/aromatic N) is 2. The summed E-state index contributed by atoms with van der Waals surface area (Å²) < 4.78 is 7.42. The van der Waals surface area contributed by atoms with Crippen molar-refractivity contribution in [1.29, 1.82) is 0 Å². The van der Waals surface area contributed by atoms with E-state index >= 15 is 0 Å². The lowest BCUT2D eigenvalue weighted by molar-refractivity contribution is 0.134. The second-order valence-electron chi connectivity index (χ2n) is 3.58. The van der Waals surface area contributed by atoms with Crippen molar-refractivity contribution in [3.05, 3.63) is 25.0 Å². The number of allylic oxidation sites excluding steroid dienone is 1. The fourth-order valence-corrected chi connectivity index (χ4v) is 1.38. The lowest BCUT2D eigenvalue weighted by Crippen LogP contribution is -2.10. The van der Waals surface area contributed by atoms with Crippen LogP contribution in [0, 0.1) is 0 Å². The number of anilines is 1. The first-order chi connectivity index (χ1) is 7.88. The summed E-state index contributed by atoms with van der Waals surface area (Å²) in [6.45, 7) is 9.16. The summed E-state index contributed by atoms with van der Waals surface area (Å²) in [7, 11) is 0. The second-order valence-corrected chi connectivity index (χ2v) is 3.58. The van der Waals surface area contributed by atoms with Gasteiger partial charge in [-0.1, -0.05) is 13.0 Å². The first-order valence-electron chi connectivity index (χ1n) is 5.82. The summed E-state index contributed by atoms with van der Waals surface area (Å²) >= 11 is 0. The number of nitrogens with one attached hydrogen (secondary N) is 1. The van der Waals surface area contributed by atoms with Gasteiger partial charge < -0.3 is 14.6 Å². The Hall–Kier alpha value is -1.29. The number of ether oxygens (including phenoxy) is 1. The van der Waals surface area contributed by atoms with E-state index in [1.54, 1.807) is 6.20 Å². The molecule has 1 N–H and O–H groups in total. The Balaban J connectivity index is 2.16. The zero-order valence-electron chi connectivity index (χ0n) is 9.98. The predicted molar refractivity (Wildman–Crippen MR) is 66.6 cm³/mol. The van der Waals surface area contributed by atoms with Gasteiger partial charge in [0.2, 0.25) is 5.95 Å². The Morgan fingerprint density at radius 1 is 1.56 bits per heavy atom. The number of hydrogen-bond donors (Lipinski definition) is 1. The Morgan fingerprint density at radius 3 is 3.19 bits per heavy atom. The number of rotatable bonds is 9. The van der Waals surface area contributed by atoms with Gasteiger partial charge in [-0.2, -0.15) is 0 Å². The fourth-order valence-electron chi connectivity index (χ4n) is 1.38. The molecule has 0 spiro atoms. The molecule has 0 radical (unpaired) electrons. The molecule has 1 heterocycles. The van der Waals surface area contributed by atoms with Crippen LogP contribution in [0.2, 0.25) is 0 Å². The summed E-state index contributed by atoms with van der Waals surface area (Å²) in [6, 6.07) is 0. The van der Waals surface area contributed by atoms with E-state index in [1.165, 1.54) is 0 Å². The highest BCUT2D eigenvalue weighted by molar-refractivity contribution is 5.25. The SMILES string of the molecule is C=CCn1ccnc1NCCCOCCC. The third-order valence-corrected chi connectivity index (χ3v) is 2.14. The van der Waals surface area contributed by atoms with Gasteiger partial charge in [-0.25, -0.2) is 4.98 Å². The molecule has 4 nitrogen and oxygen atoms in total. The van der Waals surface area contributed by atoms with Gasteiger partial charge in [-0.15, -0.1) is 6.58 Å². The minimum atomic E-state index is 0.786. The van der Waals surface area contributed by atoms with E-state index in [0.29, 0.717) is 0 Å². The van der Waals surface area contributed by atoms with Gasteiger partial charge in [0.15, 0.2) is 0 Å². The number of aromatic nitrogens is 2. The van der Waals surface area contributed by atoms with Crippen molar-refractivity contribution >= 4 is 5.95 Å². The van der Waals surface area contributed by atoms with Gasteiger partial charge in [-0.05, 0) is 12.8 Å². The molecule has 1 rings (SSSR count). The third kappa shape index (κ3) is 4.49. The minimum absolute atomic E-state index is 0.786. The lowest BCUT2D eigenvalue weighted by Gasteiger charge is -2.07. The van der Waals surface area contributed by atoms with Crippen LogP contribution in [0.25, 0.3) is 0 Å². The molecule has 0 unspecified atom stereocenters. The Bertz CT molecular complexity index is 296. The highest BCUT2D eigenvalue weighted by atomic mass is 16.5. The van der Waals surface area contributed by atoms with Crippen molar-refractivity contribution in [2.75, 3.05) is 25.1 Å². The van der Waals surface area contributed by atoms with E-state index < -0.39 is 0 Å². The molecule has 1 aromatic heterocycles. The van der Waals surface area contributed by atoms with E-state index in [2.05, 4.69) is 23.8 Å². The molecular weight excluding hydrogens is 202 g/mol. The quantitative estimate of drug-likeness (QED) is 0.516. The summed E-state index contributed by atoms with van der Waals surface area (Å²) in [5, 5.41) is 3.28. The maximum Gasteiger partial charge on any atom is 0.203 e. The van der Waals surface area contributed by atoms with Crippen LogP contribution >= 0.6 is 0 Å². The van der Waals surface area contributed by atoms with E-state index in [0.717, 1.165) is 45.1 Å². The molecule has 0 fully saturated rings.